The largest absolute Gasteiger partial charge is 0.476 e. The maximum atomic E-state index is 11.1. The highest BCUT2D eigenvalue weighted by Crippen LogP contribution is 2.29. The first-order valence-electron chi connectivity index (χ1n) is 5.70. The molecular formula is C14H10N2O3. The van der Waals surface area contributed by atoms with Crippen LogP contribution in [0.15, 0.2) is 41.1 Å². The SMILES string of the molecule is Cc1ncc(-c2coc3ccccc23)nc1C(=O)O. The molecule has 1 N–H and O–H groups in total. The molecule has 0 spiro atoms. The smallest absolute Gasteiger partial charge is 0.356 e. The maximum absolute atomic E-state index is 11.1. The quantitative estimate of drug-likeness (QED) is 0.760. The molecule has 3 rings (SSSR count). The number of hydrogen-bond donors (Lipinski definition) is 1. The molecular weight excluding hydrogens is 244 g/mol. The zero-order valence-corrected chi connectivity index (χ0v) is 10.1. The van der Waals surface area contributed by atoms with Gasteiger partial charge in [0.1, 0.15) is 11.8 Å². The first-order chi connectivity index (χ1) is 9.16. The minimum absolute atomic E-state index is 0.0391. The van der Waals surface area contributed by atoms with Crippen LogP contribution >= 0.6 is 0 Å². The molecule has 0 saturated heterocycles. The first-order valence-corrected chi connectivity index (χ1v) is 5.70. The summed E-state index contributed by atoms with van der Waals surface area (Å²) < 4.78 is 5.42. The molecule has 0 aliphatic rings. The number of para-hydroxylation sites is 1. The lowest BCUT2D eigenvalue weighted by Gasteiger charge is -2.02. The highest BCUT2D eigenvalue weighted by molar-refractivity contribution is 5.93. The summed E-state index contributed by atoms with van der Waals surface area (Å²) in [6.07, 6.45) is 3.12. The van der Waals surface area contributed by atoms with Crippen molar-refractivity contribution in [3.05, 3.63) is 48.1 Å². The van der Waals surface area contributed by atoms with Crippen LogP contribution in [0.4, 0.5) is 0 Å². The number of nitrogens with zero attached hydrogens (tertiary/aromatic N) is 2. The number of fused-ring (bicyclic) bond motifs is 1. The number of aryl methyl sites for hydroxylation is 1. The normalized spacial score (nSPS) is 10.8. The van der Waals surface area contributed by atoms with E-state index >= 15 is 0 Å². The molecule has 5 heteroatoms. The van der Waals surface area contributed by atoms with Crippen molar-refractivity contribution in [2.45, 2.75) is 6.92 Å². The number of rotatable bonds is 2. The summed E-state index contributed by atoms with van der Waals surface area (Å²) in [5.74, 6) is -1.08. The van der Waals surface area contributed by atoms with Gasteiger partial charge < -0.3 is 9.52 Å². The number of aromatic carboxylic acids is 1. The predicted octanol–water partition coefficient (Wildman–Crippen LogP) is 2.90. The molecule has 0 bridgehead atoms. The third-order valence-corrected chi connectivity index (χ3v) is 2.91. The monoisotopic (exact) mass is 254 g/mol. The topological polar surface area (TPSA) is 76.2 Å². The fourth-order valence-corrected chi connectivity index (χ4v) is 1.96. The molecule has 19 heavy (non-hydrogen) atoms. The standard InChI is InChI=1S/C14H10N2O3/c1-8-13(14(17)18)16-11(6-15-8)10-7-19-12-5-3-2-4-9(10)12/h2-7H,1H3,(H,17,18). The molecule has 2 heterocycles. The van der Waals surface area contributed by atoms with Gasteiger partial charge >= 0.3 is 5.97 Å². The highest BCUT2D eigenvalue weighted by Gasteiger charge is 2.15. The Kier molecular flexibility index (Phi) is 2.52. The van der Waals surface area contributed by atoms with Gasteiger partial charge in [-0.3, -0.25) is 4.98 Å². The van der Waals surface area contributed by atoms with Crippen LogP contribution in [0.3, 0.4) is 0 Å². The Bertz CT molecular complexity index is 777. The van der Waals surface area contributed by atoms with Crippen molar-refractivity contribution in [3.63, 3.8) is 0 Å². The van der Waals surface area contributed by atoms with Gasteiger partial charge in [-0.05, 0) is 13.0 Å². The summed E-state index contributed by atoms with van der Waals surface area (Å²) in [5.41, 5.74) is 2.32. The molecule has 0 fully saturated rings. The van der Waals surface area contributed by atoms with Gasteiger partial charge in [0.2, 0.25) is 0 Å². The van der Waals surface area contributed by atoms with Crippen molar-refractivity contribution in [1.29, 1.82) is 0 Å². The summed E-state index contributed by atoms with van der Waals surface area (Å²) in [7, 11) is 0. The summed E-state index contributed by atoms with van der Waals surface area (Å²) in [6, 6.07) is 7.51. The average molecular weight is 254 g/mol. The van der Waals surface area contributed by atoms with Crippen LogP contribution in [0.1, 0.15) is 16.2 Å². The van der Waals surface area contributed by atoms with Gasteiger partial charge in [0.25, 0.3) is 0 Å². The van der Waals surface area contributed by atoms with Gasteiger partial charge in [0, 0.05) is 10.9 Å². The Balaban J connectivity index is 2.22. The maximum Gasteiger partial charge on any atom is 0.356 e. The number of carboxylic acid groups (broad SMARTS) is 1. The zero-order valence-electron chi connectivity index (χ0n) is 10.1. The van der Waals surface area contributed by atoms with E-state index in [1.54, 1.807) is 19.4 Å². The van der Waals surface area contributed by atoms with E-state index < -0.39 is 5.97 Å². The Hall–Kier alpha value is -2.69. The number of aromatic nitrogens is 2. The van der Waals surface area contributed by atoms with E-state index in [4.69, 9.17) is 9.52 Å². The third kappa shape index (κ3) is 1.85. The van der Waals surface area contributed by atoms with Crippen molar-refractivity contribution in [3.8, 4) is 11.3 Å². The van der Waals surface area contributed by atoms with Gasteiger partial charge in [-0.2, -0.15) is 0 Å². The Morgan fingerprint density at radius 3 is 2.89 bits per heavy atom. The second-order valence-electron chi connectivity index (χ2n) is 4.14. The minimum Gasteiger partial charge on any atom is -0.476 e. The molecule has 5 nitrogen and oxygen atoms in total. The Morgan fingerprint density at radius 1 is 1.32 bits per heavy atom. The third-order valence-electron chi connectivity index (χ3n) is 2.91. The second kappa shape index (κ2) is 4.20. The van der Waals surface area contributed by atoms with Crippen molar-refractivity contribution in [2.24, 2.45) is 0 Å². The second-order valence-corrected chi connectivity index (χ2v) is 4.14. The average Bonchev–Trinajstić information content (AvgIpc) is 2.83. The van der Waals surface area contributed by atoms with E-state index in [0.29, 0.717) is 11.4 Å². The van der Waals surface area contributed by atoms with Crippen LogP contribution < -0.4 is 0 Å². The molecule has 0 atom stereocenters. The van der Waals surface area contributed by atoms with Crippen molar-refractivity contribution in [2.75, 3.05) is 0 Å². The molecule has 0 amide bonds. The zero-order chi connectivity index (χ0) is 13.4. The number of carbonyl (C=O) groups is 1. The summed E-state index contributed by atoms with van der Waals surface area (Å²) >= 11 is 0. The van der Waals surface area contributed by atoms with Crippen molar-refractivity contribution >= 4 is 16.9 Å². The van der Waals surface area contributed by atoms with Crippen molar-refractivity contribution in [1.82, 2.24) is 9.97 Å². The van der Waals surface area contributed by atoms with Crippen molar-refractivity contribution < 1.29 is 14.3 Å². The first kappa shape index (κ1) is 11.4. The van der Waals surface area contributed by atoms with Gasteiger partial charge in [-0.15, -0.1) is 0 Å². The van der Waals surface area contributed by atoms with Crippen LogP contribution in [0.2, 0.25) is 0 Å². The van der Waals surface area contributed by atoms with E-state index in [1.165, 1.54) is 0 Å². The number of hydrogen-bond acceptors (Lipinski definition) is 4. The van der Waals surface area contributed by atoms with E-state index in [9.17, 15) is 4.79 Å². The summed E-state index contributed by atoms with van der Waals surface area (Å²) in [5, 5.41) is 9.96. The van der Waals surface area contributed by atoms with Gasteiger partial charge in [-0.25, -0.2) is 9.78 Å². The molecule has 0 radical (unpaired) electrons. The van der Waals surface area contributed by atoms with Gasteiger partial charge in [0.05, 0.1) is 17.6 Å². The summed E-state index contributed by atoms with van der Waals surface area (Å²) in [6.45, 7) is 1.62. The van der Waals surface area contributed by atoms with E-state index in [2.05, 4.69) is 9.97 Å². The van der Waals surface area contributed by atoms with E-state index in [1.807, 2.05) is 24.3 Å². The summed E-state index contributed by atoms with van der Waals surface area (Å²) in [4.78, 5) is 19.3. The fraction of sp³-hybridized carbons (Fsp3) is 0.0714. The van der Waals surface area contributed by atoms with Crippen LogP contribution in [-0.2, 0) is 0 Å². The molecule has 1 aromatic carbocycles. The lowest BCUT2D eigenvalue weighted by Crippen LogP contribution is -2.06. The van der Waals surface area contributed by atoms with Gasteiger partial charge in [-0.1, -0.05) is 18.2 Å². The highest BCUT2D eigenvalue weighted by atomic mass is 16.4. The molecule has 0 saturated carbocycles. The van der Waals surface area contributed by atoms with Crippen LogP contribution in [0, 0.1) is 6.92 Å². The van der Waals surface area contributed by atoms with Crippen LogP contribution in [0.25, 0.3) is 22.2 Å². The fourth-order valence-electron chi connectivity index (χ4n) is 1.96. The van der Waals surface area contributed by atoms with E-state index in [0.717, 1.165) is 16.5 Å². The Morgan fingerprint density at radius 2 is 2.11 bits per heavy atom. The molecule has 2 aromatic heterocycles. The minimum atomic E-state index is -1.08. The molecule has 0 unspecified atom stereocenters. The van der Waals surface area contributed by atoms with Gasteiger partial charge in [0.15, 0.2) is 5.69 Å². The lowest BCUT2D eigenvalue weighted by molar-refractivity contribution is 0.0689. The predicted molar refractivity (Wildman–Crippen MR) is 68.9 cm³/mol. The van der Waals surface area contributed by atoms with Crippen LogP contribution in [0.5, 0.6) is 0 Å². The molecule has 3 aromatic rings. The van der Waals surface area contributed by atoms with E-state index in [-0.39, 0.29) is 5.69 Å². The Labute approximate surface area is 108 Å². The van der Waals surface area contributed by atoms with Crippen LogP contribution in [-0.4, -0.2) is 21.0 Å². The number of benzene rings is 1. The number of carboxylic acids is 1. The molecule has 0 aliphatic carbocycles. The molecule has 0 aliphatic heterocycles. The molecule has 94 valence electrons. The lowest BCUT2D eigenvalue weighted by atomic mass is 10.1. The number of furan rings is 1.